The van der Waals surface area contributed by atoms with Crippen LogP contribution in [0.2, 0.25) is 0 Å². The van der Waals surface area contributed by atoms with Gasteiger partial charge < -0.3 is 19.4 Å². The Balaban J connectivity index is 1.34. The maximum atomic E-state index is 14.2. The van der Waals surface area contributed by atoms with Gasteiger partial charge in [-0.1, -0.05) is 18.2 Å². The van der Waals surface area contributed by atoms with Crippen molar-refractivity contribution in [1.82, 2.24) is 19.6 Å². The van der Waals surface area contributed by atoms with Crippen molar-refractivity contribution >= 4 is 17.5 Å². The number of piperazine rings is 1. The summed E-state index contributed by atoms with van der Waals surface area (Å²) in [5, 5.41) is 4.66. The third-order valence-electron chi connectivity index (χ3n) is 7.01. The molecule has 1 aromatic heterocycles. The number of hydrogen-bond acceptors (Lipinski definition) is 5. The molecule has 1 fully saturated rings. The van der Waals surface area contributed by atoms with Gasteiger partial charge in [-0.25, -0.2) is 4.39 Å². The lowest BCUT2D eigenvalue weighted by atomic mass is 10.0. The van der Waals surface area contributed by atoms with Crippen LogP contribution in [0.4, 0.5) is 10.1 Å². The molecule has 5 rings (SSSR count). The van der Waals surface area contributed by atoms with Gasteiger partial charge >= 0.3 is 0 Å². The molecule has 188 valence electrons. The number of methoxy groups -OCH3 is 1. The third-order valence-corrected chi connectivity index (χ3v) is 7.01. The van der Waals surface area contributed by atoms with E-state index in [9.17, 15) is 14.0 Å². The second-order valence-electron chi connectivity index (χ2n) is 9.03. The molecule has 0 unspecified atom stereocenters. The first-order valence-corrected chi connectivity index (χ1v) is 12.3. The van der Waals surface area contributed by atoms with Gasteiger partial charge in [0.1, 0.15) is 0 Å². The predicted molar refractivity (Wildman–Crippen MR) is 134 cm³/mol. The number of carbonyl (C=O) groups excluding carboxylic acids is 2. The maximum Gasteiger partial charge on any atom is 0.274 e. The average Bonchev–Trinajstić information content (AvgIpc) is 3.30. The number of carbonyl (C=O) groups is 2. The standard InChI is InChI=1S/C27H30FN5O3/c1-3-33-23-11-12-32(26(34)19-9-10-24(36-2)22(28)17-19)18-21(23)25(29-33)27(35)31-15-13-30(14-16-31)20-7-5-4-6-8-20/h4-10,17H,3,11-16,18H2,1-2H3. The summed E-state index contributed by atoms with van der Waals surface area (Å²) >= 11 is 0. The quantitative estimate of drug-likeness (QED) is 0.548. The van der Waals surface area contributed by atoms with E-state index in [2.05, 4.69) is 22.1 Å². The van der Waals surface area contributed by atoms with E-state index in [1.807, 2.05) is 34.7 Å². The summed E-state index contributed by atoms with van der Waals surface area (Å²) in [6.07, 6.45) is 0.593. The summed E-state index contributed by atoms with van der Waals surface area (Å²) in [4.78, 5) is 32.5. The minimum absolute atomic E-state index is 0.0944. The summed E-state index contributed by atoms with van der Waals surface area (Å²) in [6, 6.07) is 14.4. The predicted octanol–water partition coefficient (Wildman–Crippen LogP) is 3.21. The van der Waals surface area contributed by atoms with Crippen molar-refractivity contribution in [2.45, 2.75) is 26.4 Å². The molecule has 3 heterocycles. The molecule has 0 N–H and O–H groups in total. The lowest BCUT2D eigenvalue weighted by molar-refractivity contribution is 0.0709. The first-order chi connectivity index (χ1) is 17.5. The topological polar surface area (TPSA) is 70.9 Å². The van der Waals surface area contributed by atoms with Gasteiger partial charge in [-0.15, -0.1) is 0 Å². The van der Waals surface area contributed by atoms with Crippen molar-refractivity contribution in [1.29, 1.82) is 0 Å². The highest BCUT2D eigenvalue weighted by Crippen LogP contribution is 2.27. The van der Waals surface area contributed by atoms with E-state index in [0.29, 0.717) is 38.3 Å². The third kappa shape index (κ3) is 4.41. The number of amides is 2. The van der Waals surface area contributed by atoms with Crippen molar-refractivity contribution in [2.24, 2.45) is 0 Å². The van der Waals surface area contributed by atoms with Gasteiger partial charge in [0, 0.05) is 68.2 Å². The van der Waals surface area contributed by atoms with E-state index in [1.54, 1.807) is 11.0 Å². The number of anilines is 1. The van der Waals surface area contributed by atoms with Crippen molar-refractivity contribution < 1.29 is 18.7 Å². The molecule has 3 aromatic rings. The van der Waals surface area contributed by atoms with Gasteiger partial charge in [0.05, 0.1) is 13.7 Å². The number of aromatic nitrogens is 2. The zero-order valence-electron chi connectivity index (χ0n) is 20.6. The molecule has 0 bridgehead atoms. The van der Waals surface area contributed by atoms with Crippen LogP contribution < -0.4 is 9.64 Å². The number of rotatable bonds is 5. The molecule has 0 saturated carbocycles. The molecule has 2 aliphatic heterocycles. The number of ether oxygens (including phenoxy) is 1. The Morgan fingerprint density at radius 2 is 1.72 bits per heavy atom. The highest BCUT2D eigenvalue weighted by Gasteiger charge is 2.33. The van der Waals surface area contributed by atoms with Crippen LogP contribution in [-0.4, -0.2) is 71.2 Å². The first-order valence-electron chi connectivity index (χ1n) is 12.3. The van der Waals surface area contributed by atoms with Gasteiger partial charge in [0.2, 0.25) is 0 Å². The molecule has 0 radical (unpaired) electrons. The largest absolute Gasteiger partial charge is 0.494 e. The molecule has 0 atom stereocenters. The van der Waals surface area contributed by atoms with Crippen molar-refractivity contribution in [3.63, 3.8) is 0 Å². The maximum absolute atomic E-state index is 14.2. The molecule has 2 amide bonds. The van der Waals surface area contributed by atoms with E-state index >= 15 is 0 Å². The fourth-order valence-corrected chi connectivity index (χ4v) is 5.04. The summed E-state index contributed by atoms with van der Waals surface area (Å²) in [6.45, 7) is 6.11. The van der Waals surface area contributed by atoms with Crippen LogP contribution in [0.15, 0.2) is 48.5 Å². The molecule has 2 aromatic carbocycles. The molecule has 1 saturated heterocycles. The average molecular weight is 492 g/mol. The van der Waals surface area contributed by atoms with Crippen molar-refractivity contribution in [2.75, 3.05) is 44.7 Å². The lowest BCUT2D eigenvalue weighted by Gasteiger charge is -2.36. The molecule has 8 nitrogen and oxygen atoms in total. The summed E-state index contributed by atoms with van der Waals surface area (Å²) in [5.41, 5.74) is 3.61. The van der Waals surface area contributed by atoms with E-state index in [4.69, 9.17) is 4.74 Å². The van der Waals surface area contributed by atoms with Gasteiger partial charge in [0.25, 0.3) is 11.8 Å². The molecule has 9 heteroatoms. The number of fused-ring (bicyclic) bond motifs is 1. The van der Waals surface area contributed by atoms with Crippen molar-refractivity contribution in [3.05, 3.63) is 76.9 Å². The summed E-state index contributed by atoms with van der Waals surface area (Å²) < 4.78 is 21.1. The molecular weight excluding hydrogens is 461 g/mol. The van der Waals surface area contributed by atoms with E-state index in [0.717, 1.165) is 30.0 Å². The van der Waals surface area contributed by atoms with Crippen LogP contribution in [0.3, 0.4) is 0 Å². The lowest BCUT2D eigenvalue weighted by Crippen LogP contribution is -2.49. The van der Waals surface area contributed by atoms with E-state index < -0.39 is 5.82 Å². The van der Waals surface area contributed by atoms with Crippen LogP contribution in [-0.2, 0) is 19.5 Å². The van der Waals surface area contributed by atoms with Crippen molar-refractivity contribution in [3.8, 4) is 5.75 Å². The van der Waals surface area contributed by atoms with Gasteiger partial charge in [0.15, 0.2) is 17.3 Å². The van der Waals surface area contributed by atoms with Gasteiger partial charge in [-0.2, -0.15) is 5.10 Å². The number of nitrogens with zero attached hydrogens (tertiary/aromatic N) is 5. The number of para-hydroxylation sites is 1. The Hall–Kier alpha value is -3.88. The van der Waals surface area contributed by atoms with Gasteiger partial charge in [-0.3, -0.25) is 14.3 Å². The first kappa shape index (κ1) is 23.8. The van der Waals surface area contributed by atoms with Crippen LogP contribution in [0.25, 0.3) is 0 Å². The molecule has 2 aliphatic rings. The zero-order chi connectivity index (χ0) is 25.2. The minimum Gasteiger partial charge on any atom is -0.494 e. The molecule has 36 heavy (non-hydrogen) atoms. The smallest absolute Gasteiger partial charge is 0.274 e. The van der Waals surface area contributed by atoms with Crippen LogP contribution in [0.1, 0.15) is 39.0 Å². The molecule has 0 aliphatic carbocycles. The fraction of sp³-hybridized carbons (Fsp3) is 0.370. The normalized spacial score (nSPS) is 15.6. The Kier molecular flexibility index (Phi) is 6.63. The Labute approximate surface area is 209 Å². The van der Waals surface area contributed by atoms with Crippen LogP contribution in [0.5, 0.6) is 5.75 Å². The Morgan fingerprint density at radius 1 is 0.972 bits per heavy atom. The van der Waals surface area contributed by atoms with Gasteiger partial charge in [-0.05, 0) is 37.3 Å². The van der Waals surface area contributed by atoms with E-state index in [-0.39, 0.29) is 29.7 Å². The van der Waals surface area contributed by atoms with E-state index in [1.165, 1.54) is 19.2 Å². The van der Waals surface area contributed by atoms with Crippen LogP contribution >= 0.6 is 0 Å². The number of hydrogen-bond donors (Lipinski definition) is 0. The number of aryl methyl sites for hydroxylation is 1. The molecular formula is C27H30FN5O3. The summed E-state index contributed by atoms with van der Waals surface area (Å²) in [7, 11) is 1.39. The Bertz CT molecular complexity index is 1270. The zero-order valence-corrected chi connectivity index (χ0v) is 20.6. The summed E-state index contributed by atoms with van der Waals surface area (Å²) in [5.74, 6) is -0.861. The second kappa shape index (κ2) is 10.0. The highest BCUT2D eigenvalue weighted by molar-refractivity contribution is 5.96. The minimum atomic E-state index is -0.578. The SMILES string of the molecule is CCn1nc(C(=O)N2CCN(c3ccccc3)CC2)c2c1CCN(C(=O)c1ccc(OC)c(F)c1)C2. The highest BCUT2D eigenvalue weighted by atomic mass is 19.1. The molecule has 0 spiro atoms. The monoisotopic (exact) mass is 491 g/mol. The second-order valence-corrected chi connectivity index (χ2v) is 9.03. The van der Waals surface area contributed by atoms with Crippen LogP contribution in [0, 0.1) is 5.82 Å². The Morgan fingerprint density at radius 3 is 2.39 bits per heavy atom. The number of halogens is 1. The number of benzene rings is 2. The fourth-order valence-electron chi connectivity index (χ4n) is 5.04.